The van der Waals surface area contributed by atoms with Gasteiger partial charge in [-0.05, 0) is 70.8 Å². The van der Waals surface area contributed by atoms with Gasteiger partial charge in [0.25, 0.3) is 11.8 Å². The number of hydrogen-bond acceptors (Lipinski definition) is 4. The summed E-state index contributed by atoms with van der Waals surface area (Å²) in [6.07, 6.45) is -1.72. The van der Waals surface area contributed by atoms with Gasteiger partial charge in [0.2, 0.25) is 0 Å². The van der Waals surface area contributed by atoms with E-state index >= 15 is 0 Å². The number of halogens is 1. The SMILES string of the molecule is C[C@@H](Oc1cccc(O[C@H](C)C(=O)Nc2c(-c3ccccc3)cccc2-c2ccccc2)c1I)C(=O)Nc1c(-c2ccccc2)cccc1-c1ccccc1. The molecule has 0 aliphatic carbocycles. The van der Waals surface area contributed by atoms with Crippen LogP contribution < -0.4 is 20.1 Å². The van der Waals surface area contributed by atoms with Crippen molar-refractivity contribution in [2.45, 2.75) is 26.1 Å². The number of amides is 2. The van der Waals surface area contributed by atoms with Gasteiger partial charge in [-0.3, -0.25) is 9.59 Å². The quantitative estimate of drug-likeness (QED) is 0.120. The Labute approximate surface area is 335 Å². The van der Waals surface area contributed by atoms with E-state index in [0.717, 1.165) is 44.5 Å². The van der Waals surface area contributed by atoms with E-state index in [9.17, 15) is 9.59 Å². The van der Waals surface area contributed by atoms with Crippen LogP contribution in [-0.2, 0) is 9.59 Å². The van der Waals surface area contributed by atoms with Gasteiger partial charge in [-0.2, -0.15) is 0 Å². The lowest BCUT2D eigenvalue weighted by atomic mass is 9.95. The zero-order chi connectivity index (χ0) is 38.1. The summed E-state index contributed by atoms with van der Waals surface area (Å²) in [5.41, 5.74) is 8.98. The second kappa shape index (κ2) is 17.3. The van der Waals surface area contributed by atoms with Gasteiger partial charge in [-0.25, -0.2) is 0 Å². The zero-order valence-corrected chi connectivity index (χ0v) is 32.6. The summed E-state index contributed by atoms with van der Waals surface area (Å²) >= 11 is 2.14. The lowest BCUT2D eigenvalue weighted by molar-refractivity contribution is -0.122. The van der Waals surface area contributed by atoms with Crippen LogP contribution >= 0.6 is 22.6 Å². The molecule has 0 heterocycles. The Morgan fingerprint density at radius 1 is 0.418 bits per heavy atom. The molecule has 55 heavy (non-hydrogen) atoms. The first-order chi connectivity index (χ1) is 26.9. The van der Waals surface area contributed by atoms with Gasteiger partial charge in [0.15, 0.2) is 12.2 Å². The summed E-state index contributed by atoms with van der Waals surface area (Å²) < 4.78 is 13.2. The Morgan fingerprint density at radius 2 is 0.691 bits per heavy atom. The van der Waals surface area contributed by atoms with Crippen molar-refractivity contribution in [3.05, 3.63) is 179 Å². The van der Waals surface area contributed by atoms with Crippen molar-refractivity contribution in [2.24, 2.45) is 0 Å². The molecule has 2 N–H and O–H groups in total. The van der Waals surface area contributed by atoms with E-state index in [1.54, 1.807) is 32.0 Å². The molecule has 2 amide bonds. The van der Waals surface area contributed by atoms with Crippen LogP contribution in [0, 0.1) is 3.57 Å². The molecule has 0 unspecified atom stereocenters. The van der Waals surface area contributed by atoms with E-state index in [2.05, 4.69) is 33.2 Å². The number of anilines is 2. The van der Waals surface area contributed by atoms with Gasteiger partial charge in [0, 0.05) is 22.3 Å². The summed E-state index contributed by atoms with van der Waals surface area (Å²) in [6, 6.07) is 57.3. The third kappa shape index (κ3) is 8.63. The van der Waals surface area contributed by atoms with E-state index in [1.165, 1.54) is 0 Å². The van der Waals surface area contributed by atoms with E-state index in [-0.39, 0.29) is 11.8 Å². The van der Waals surface area contributed by atoms with Gasteiger partial charge < -0.3 is 20.1 Å². The second-order valence-electron chi connectivity index (χ2n) is 13.0. The topological polar surface area (TPSA) is 76.7 Å². The molecule has 7 rings (SSSR count). The second-order valence-corrected chi connectivity index (χ2v) is 14.1. The van der Waals surface area contributed by atoms with Crippen molar-refractivity contribution < 1.29 is 19.1 Å². The summed E-state index contributed by atoms with van der Waals surface area (Å²) in [5, 5.41) is 6.37. The number of nitrogens with one attached hydrogen (secondary N) is 2. The number of rotatable bonds is 12. The van der Waals surface area contributed by atoms with Crippen LogP contribution in [0.1, 0.15) is 13.8 Å². The molecule has 7 aromatic rings. The highest BCUT2D eigenvalue weighted by atomic mass is 127. The van der Waals surface area contributed by atoms with Crippen LogP contribution in [0.2, 0.25) is 0 Å². The van der Waals surface area contributed by atoms with E-state index in [4.69, 9.17) is 9.47 Å². The van der Waals surface area contributed by atoms with E-state index in [1.807, 2.05) is 158 Å². The maximum absolute atomic E-state index is 13.9. The maximum atomic E-state index is 13.9. The summed E-state index contributed by atoms with van der Waals surface area (Å²) in [5.74, 6) is 0.325. The molecule has 6 nitrogen and oxygen atoms in total. The maximum Gasteiger partial charge on any atom is 0.265 e. The van der Waals surface area contributed by atoms with Gasteiger partial charge in [-0.15, -0.1) is 0 Å². The largest absolute Gasteiger partial charge is 0.480 e. The van der Waals surface area contributed by atoms with E-state index < -0.39 is 12.2 Å². The molecule has 272 valence electrons. The Morgan fingerprint density at radius 3 is 0.982 bits per heavy atom. The minimum atomic E-state index is -0.858. The fourth-order valence-corrected chi connectivity index (χ4v) is 7.03. The minimum Gasteiger partial charge on any atom is -0.480 e. The first kappa shape index (κ1) is 37.1. The van der Waals surface area contributed by atoms with Crippen molar-refractivity contribution in [2.75, 3.05) is 10.6 Å². The number of carbonyl (C=O) groups is 2. The Balaban J connectivity index is 1.09. The van der Waals surface area contributed by atoms with Gasteiger partial charge in [0.05, 0.1) is 14.9 Å². The number of para-hydroxylation sites is 2. The predicted octanol–water partition coefficient (Wildman–Crippen LogP) is 11.8. The number of hydrogen-bond donors (Lipinski definition) is 2. The highest BCUT2D eigenvalue weighted by Gasteiger charge is 2.24. The molecule has 0 saturated carbocycles. The number of benzene rings is 7. The van der Waals surface area contributed by atoms with Crippen LogP contribution in [-0.4, -0.2) is 24.0 Å². The van der Waals surface area contributed by atoms with Crippen molar-refractivity contribution in [3.8, 4) is 56.0 Å². The summed E-state index contributed by atoms with van der Waals surface area (Å²) in [7, 11) is 0. The molecule has 0 aliphatic rings. The number of carbonyl (C=O) groups excluding carboxylic acids is 2. The lowest BCUT2D eigenvalue weighted by Gasteiger charge is -2.22. The minimum absolute atomic E-state index is 0.304. The molecule has 0 spiro atoms. The monoisotopic (exact) mass is 834 g/mol. The predicted molar refractivity (Wildman–Crippen MR) is 231 cm³/mol. The van der Waals surface area contributed by atoms with Crippen molar-refractivity contribution in [1.82, 2.24) is 0 Å². The molecule has 7 heteroatoms. The van der Waals surface area contributed by atoms with Crippen LogP contribution in [0.3, 0.4) is 0 Å². The first-order valence-corrected chi connectivity index (χ1v) is 19.2. The molecule has 0 aliphatic heterocycles. The lowest BCUT2D eigenvalue weighted by Crippen LogP contribution is -2.31. The highest BCUT2D eigenvalue weighted by Crippen LogP contribution is 2.39. The van der Waals surface area contributed by atoms with Gasteiger partial charge >= 0.3 is 0 Å². The molecular formula is C48H39IN2O4. The third-order valence-corrected chi connectivity index (χ3v) is 10.3. The Hall–Kier alpha value is -6.19. The highest BCUT2D eigenvalue weighted by molar-refractivity contribution is 14.1. The fraction of sp³-hybridized carbons (Fsp3) is 0.0833. The molecule has 7 aromatic carbocycles. The van der Waals surface area contributed by atoms with Crippen LogP contribution in [0.25, 0.3) is 44.5 Å². The van der Waals surface area contributed by atoms with Gasteiger partial charge in [0.1, 0.15) is 11.5 Å². The number of ether oxygens (including phenoxy) is 2. The molecule has 0 bridgehead atoms. The normalized spacial score (nSPS) is 11.9. The summed E-state index contributed by atoms with van der Waals surface area (Å²) in [4.78, 5) is 27.7. The van der Waals surface area contributed by atoms with Crippen LogP contribution in [0.5, 0.6) is 11.5 Å². The van der Waals surface area contributed by atoms with Crippen molar-refractivity contribution >= 4 is 45.8 Å². The Kier molecular flexibility index (Phi) is 11.7. The zero-order valence-electron chi connectivity index (χ0n) is 30.4. The van der Waals surface area contributed by atoms with Crippen LogP contribution in [0.15, 0.2) is 176 Å². The van der Waals surface area contributed by atoms with Gasteiger partial charge in [-0.1, -0.05) is 164 Å². The third-order valence-electron chi connectivity index (χ3n) is 9.24. The molecule has 0 fully saturated rings. The smallest absolute Gasteiger partial charge is 0.265 e. The first-order valence-electron chi connectivity index (χ1n) is 18.1. The average Bonchev–Trinajstić information content (AvgIpc) is 3.23. The average molecular weight is 835 g/mol. The molecule has 2 atom stereocenters. The standard InChI is InChI=1S/C48H39IN2O4/c1-32(47(52)50-45-38(34-18-7-3-8-19-34)26-15-27-39(45)35-20-9-4-10-21-35)54-42-30-17-31-43(44(42)49)55-33(2)48(53)51-46-40(36-22-11-5-12-23-36)28-16-29-41(46)37-24-13-6-14-25-37/h3-33H,1-2H3,(H,50,52)(H,51,53)/t32-,33-/m1/s1. The van der Waals surface area contributed by atoms with Crippen LogP contribution in [0.4, 0.5) is 11.4 Å². The molecular weight excluding hydrogens is 795 g/mol. The summed E-state index contributed by atoms with van der Waals surface area (Å²) in [6.45, 7) is 3.44. The molecule has 0 radical (unpaired) electrons. The van der Waals surface area contributed by atoms with Crippen molar-refractivity contribution in [1.29, 1.82) is 0 Å². The van der Waals surface area contributed by atoms with Crippen molar-refractivity contribution in [3.63, 3.8) is 0 Å². The fourth-order valence-electron chi connectivity index (χ4n) is 6.42. The molecule has 0 aromatic heterocycles. The molecule has 0 saturated heterocycles. The Bertz CT molecular complexity index is 2120. The van der Waals surface area contributed by atoms with E-state index in [0.29, 0.717) is 26.4 Å².